The summed E-state index contributed by atoms with van der Waals surface area (Å²) < 4.78 is 10.4. The Hall–Kier alpha value is -1.46. The second-order valence-electron chi connectivity index (χ2n) is 4.41. The lowest BCUT2D eigenvalue weighted by atomic mass is 10.1. The van der Waals surface area contributed by atoms with Crippen LogP contribution in [0.25, 0.3) is 0 Å². The molecule has 1 unspecified atom stereocenters. The summed E-state index contributed by atoms with van der Waals surface area (Å²) in [5, 5.41) is 0. The van der Waals surface area contributed by atoms with E-state index in [1.807, 2.05) is 19.1 Å². The van der Waals surface area contributed by atoms with Crippen LogP contribution < -0.4 is 4.74 Å². The fourth-order valence-electron chi connectivity index (χ4n) is 2.24. The molecule has 5 heteroatoms. The van der Waals surface area contributed by atoms with Crippen molar-refractivity contribution in [2.75, 3.05) is 33.9 Å². The summed E-state index contributed by atoms with van der Waals surface area (Å²) in [5.41, 5.74) is 1.28. The second-order valence-corrected chi connectivity index (χ2v) is 4.41. The first-order valence-corrected chi connectivity index (χ1v) is 6.38. The molecule has 0 saturated carbocycles. The molecule has 2 heterocycles. The number of nitrogens with zero attached hydrogens (tertiary/aromatic N) is 2. The minimum absolute atomic E-state index is 0.524. The lowest BCUT2D eigenvalue weighted by Crippen LogP contribution is -2.17. The third-order valence-electron chi connectivity index (χ3n) is 3.20. The minimum Gasteiger partial charge on any atom is -0.475 e. The predicted octanol–water partition coefficient (Wildman–Crippen LogP) is 1.69. The molecule has 5 nitrogen and oxygen atoms in total. The first-order chi connectivity index (χ1) is 9.31. The number of ether oxygens (including phenoxy) is 2. The van der Waals surface area contributed by atoms with Crippen molar-refractivity contribution in [1.29, 1.82) is 0 Å². The van der Waals surface area contributed by atoms with Crippen molar-refractivity contribution in [3.05, 3.63) is 23.9 Å². The van der Waals surface area contributed by atoms with E-state index in [-0.39, 0.29) is 0 Å². The molecule has 1 aromatic heterocycles. The molecule has 0 N–H and O–H groups in total. The Morgan fingerprint density at radius 2 is 2.21 bits per heavy atom. The Labute approximate surface area is 114 Å². The maximum Gasteiger partial charge on any atom is 0.213 e. The van der Waals surface area contributed by atoms with Crippen LogP contribution >= 0.6 is 0 Å². The Balaban J connectivity index is 0.000000861. The molecule has 0 aromatic carbocycles. The van der Waals surface area contributed by atoms with Crippen LogP contribution in [0.5, 0.6) is 5.88 Å². The zero-order valence-electron chi connectivity index (χ0n) is 11.7. The van der Waals surface area contributed by atoms with E-state index in [2.05, 4.69) is 23.0 Å². The lowest BCUT2D eigenvalue weighted by molar-refractivity contribution is -0.0979. The fourth-order valence-corrected chi connectivity index (χ4v) is 2.24. The summed E-state index contributed by atoms with van der Waals surface area (Å²) in [6.45, 7) is 4.32. The minimum atomic E-state index is 0.524. The van der Waals surface area contributed by atoms with Gasteiger partial charge in [0, 0.05) is 25.4 Å². The van der Waals surface area contributed by atoms with Crippen molar-refractivity contribution < 1.29 is 14.3 Å². The van der Waals surface area contributed by atoms with E-state index in [9.17, 15) is 0 Å². The molecule has 1 aliphatic rings. The maximum absolute atomic E-state index is 8.00. The van der Waals surface area contributed by atoms with Gasteiger partial charge in [0.25, 0.3) is 0 Å². The van der Waals surface area contributed by atoms with Gasteiger partial charge in [-0.1, -0.05) is 6.07 Å². The highest BCUT2D eigenvalue weighted by atomic mass is 16.5. The van der Waals surface area contributed by atoms with Gasteiger partial charge in [-0.15, -0.1) is 0 Å². The molecular weight excluding hydrogens is 244 g/mol. The lowest BCUT2D eigenvalue weighted by Gasteiger charge is -2.19. The van der Waals surface area contributed by atoms with Crippen LogP contribution in [-0.4, -0.2) is 50.6 Å². The third kappa shape index (κ3) is 4.61. The van der Waals surface area contributed by atoms with Crippen LogP contribution in [0, 0.1) is 0 Å². The average Bonchev–Trinajstić information content (AvgIpc) is 2.88. The normalized spacial score (nSPS) is 18.7. The average molecular weight is 266 g/mol. The quantitative estimate of drug-likeness (QED) is 0.759. The van der Waals surface area contributed by atoms with Crippen LogP contribution in [0.4, 0.5) is 0 Å². The van der Waals surface area contributed by atoms with Gasteiger partial charge in [-0.05, 0) is 32.0 Å². The van der Waals surface area contributed by atoms with Crippen molar-refractivity contribution in [3.63, 3.8) is 0 Å². The maximum atomic E-state index is 8.00. The third-order valence-corrected chi connectivity index (χ3v) is 3.20. The van der Waals surface area contributed by atoms with E-state index in [0.29, 0.717) is 25.1 Å². The zero-order chi connectivity index (χ0) is 14.1. The van der Waals surface area contributed by atoms with Crippen molar-refractivity contribution >= 4 is 6.79 Å². The molecule has 19 heavy (non-hydrogen) atoms. The highest BCUT2D eigenvalue weighted by molar-refractivity contribution is 5.21. The molecule has 0 aliphatic carbocycles. The van der Waals surface area contributed by atoms with E-state index in [1.165, 1.54) is 24.9 Å². The number of rotatable bonds is 5. The van der Waals surface area contributed by atoms with Gasteiger partial charge in [0.05, 0.1) is 6.61 Å². The van der Waals surface area contributed by atoms with E-state index in [4.69, 9.17) is 14.3 Å². The van der Waals surface area contributed by atoms with Gasteiger partial charge in [-0.25, -0.2) is 4.98 Å². The zero-order valence-corrected chi connectivity index (χ0v) is 11.7. The number of methoxy groups -OCH3 is 1. The van der Waals surface area contributed by atoms with Gasteiger partial charge in [0.2, 0.25) is 5.88 Å². The standard InChI is InChI=1S/C13H20N2O2.CH2O/c1-15-7-3-4-12(15)11-5-6-13(14-10-11)17-9-8-16-2;1-2/h5-6,10,12H,3-4,7-9H2,1-2H3;1H2. The summed E-state index contributed by atoms with van der Waals surface area (Å²) in [4.78, 5) is 14.7. The summed E-state index contributed by atoms with van der Waals surface area (Å²) in [5.74, 6) is 0.673. The summed E-state index contributed by atoms with van der Waals surface area (Å²) in [6.07, 6.45) is 4.42. The van der Waals surface area contributed by atoms with Crippen LogP contribution in [-0.2, 0) is 9.53 Å². The van der Waals surface area contributed by atoms with E-state index in [1.54, 1.807) is 7.11 Å². The smallest absolute Gasteiger partial charge is 0.213 e. The molecule has 1 saturated heterocycles. The Bertz CT molecular complexity index is 356. The van der Waals surface area contributed by atoms with Gasteiger partial charge in [-0.2, -0.15) is 0 Å². The molecule has 0 bridgehead atoms. The first-order valence-electron chi connectivity index (χ1n) is 6.38. The Morgan fingerprint density at radius 3 is 2.74 bits per heavy atom. The number of carbonyl (C=O) groups is 1. The van der Waals surface area contributed by atoms with Gasteiger partial charge < -0.3 is 14.3 Å². The van der Waals surface area contributed by atoms with Crippen LogP contribution in [0.15, 0.2) is 18.3 Å². The van der Waals surface area contributed by atoms with Crippen molar-refractivity contribution in [2.24, 2.45) is 0 Å². The van der Waals surface area contributed by atoms with Crippen molar-refractivity contribution in [3.8, 4) is 5.88 Å². The summed E-state index contributed by atoms with van der Waals surface area (Å²) >= 11 is 0. The summed E-state index contributed by atoms with van der Waals surface area (Å²) in [6, 6.07) is 4.58. The first kappa shape index (κ1) is 15.6. The Morgan fingerprint density at radius 1 is 1.42 bits per heavy atom. The second kappa shape index (κ2) is 8.61. The van der Waals surface area contributed by atoms with Gasteiger partial charge in [0.15, 0.2) is 0 Å². The SMILES string of the molecule is C=O.COCCOc1ccc(C2CCCN2C)cn1. The van der Waals surface area contributed by atoms with Gasteiger partial charge >= 0.3 is 0 Å². The van der Waals surface area contributed by atoms with E-state index in [0.717, 1.165) is 0 Å². The van der Waals surface area contributed by atoms with Crippen LogP contribution in [0.1, 0.15) is 24.4 Å². The highest BCUT2D eigenvalue weighted by Gasteiger charge is 2.22. The molecule has 1 atom stereocenters. The molecule has 1 aliphatic heterocycles. The molecule has 0 spiro atoms. The highest BCUT2D eigenvalue weighted by Crippen LogP contribution is 2.30. The number of likely N-dealkylation sites (tertiary alicyclic amines) is 1. The van der Waals surface area contributed by atoms with Gasteiger partial charge in [0.1, 0.15) is 13.4 Å². The number of carbonyl (C=O) groups excluding carboxylic acids is 1. The largest absolute Gasteiger partial charge is 0.475 e. The number of pyridine rings is 1. The Kier molecular flexibility index (Phi) is 7.07. The predicted molar refractivity (Wildman–Crippen MR) is 73.3 cm³/mol. The number of hydrogen-bond acceptors (Lipinski definition) is 5. The monoisotopic (exact) mass is 266 g/mol. The van der Waals surface area contributed by atoms with Crippen LogP contribution in [0.3, 0.4) is 0 Å². The van der Waals surface area contributed by atoms with E-state index < -0.39 is 0 Å². The molecule has 1 fully saturated rings. The molecule has 106 valence electrons. The fraction of sp³-hybridized carbons (Fsp3) is 0.571. The van der Waals surface area contributed by atoms with Crippen molar-refractivity contribution in [1.82, 2.24) is 9.88 Å². The molecule has 1 aromatic rings. The van der Waals surface area contributed by atoms with Crippen molar-refractivity contribution in [2.45, 2.75) is 18.9 Å². The molecular formula is C14H22N2O3. The van der Waals surface area contributed by atoms with E-state index >= 15 is 0 Å². The number of aromatic nitrogens is 1. The van der Waals surface area contributed by atoms with Crippen LogP contribution in [0.2, 0.25) is 0 Å². The molecule has 0 amide bonds. The topological polar surface area (TPSA) is 51.7 Å². The summed E-state index contributed by atoms with van der Waals surface area (Å²) in [7, 11) is 3.83. The number of hydrogen-bond donors (Lipinski definition) is 0. The molecule has 0 radical (unpaired) electrons. The van der Waals surface area contributed by atoms with Gasteiger partial charge in [-0.3, -0.25) is 4.90 Å². The molecule has 2 rings (SSSR count).